The Morgan fingerprint density at radius 1 is 1.62 bits per heavy atom. The number of hydrogen-bond donors (Lipinski definition) is 1. The standard InChI is InChI=1S/C11H13N3O2/c1-7-4-9(6-12)5-10(13-7)14-8(2)11(15)16-3/h4-5,8H,1-3H3,(H,13,14). The fourth-order valence-corrected chi connectivity index (χ4v) is 1.26. The number of carbonyl (C=O) groups excluding carboxylic acids is 1. The molecule has 1 aromatic rings. The highest BCUT2D eigenvalue weighted by atomic mass is 16.5. The Hall–Kier alpha value is -2.09. The first-order valence-corrected chi connectivity index (χ1v) is 4.80. The Balaban J connectivity index is 2.86. The summed E-state index contributed by atoms with van der Waals surface area (Å²) in [5, 5.41) is 11.7. The Morgan fingerprint density at radius 2 is 2.31 bits per heavy atom. The summed E-state index contributed by atoms with van der Waals surface area (Å²) in [5.41, 5.74) is 1.23. The van der Waals surface area contributed by atoms with E-state index in [0.717, 1.165) is 5.69 Å². The average Bonchev–Trinajstić information content (AvgIpc) is 2.26. The minimum Gasteiger partial charge on any atom is -0.467 e. The monoisotopic (exact) mass is 219 g/mol. The van der Waals surface area contributed by atoms with Crippen LogP contribution < -0.4 is 5.32 Å². The average molecular weight is 219 g/mol. The van der Waals surface area contributed by atoms with Crippen LogP contribution in [0.4, 0.5) is 5.82 Å². The fourth-order valence-electron chi connectivity index (χ4n) is 1.26. The lowest BCUT2D eigenvalue weighted by molar-refractivity contribution is -0.141. The van der Waals surface area contributed by atoms with Crippen LogP contribution in [0.3, 0.4) is 0 Å². The molecule has 1 rings (SSSR count). The summed E-state index contributed by atoms with van der Waals surface area (Å²) in [6.07, 6.45) is 0. The van der Waals surface area contributed by atoms with Gasteiger partial charge in [0.05, 0.1) is 18.7 Å². The Morgan fingerprint density at radius 3 is 2.88 bits per heavy atom. The van der Waals surface area contributed by atoms with Crippen molar-refractivity contribution in [1.29, 1.82) is 5.26 Å². The maximum absolute atomic E-state index is 11.2. The highest BCUT2D eigenvalue weighted by Gasteiger charge is 2.13. The number of methoxy groups -OCH3 is 1. The van der Waals surface area contributed by atoms with Crippen molar-refractivity contribution in [2.75, 3.05) is 12.4 Å². The van der Waals surface area contributed by atoms with E-state index in [-0.39, 0.29) is 5.97 Å². The number of aromatic nitrogens is 1. The van der Waals surface area contributed by atoms with Gasteiger partial charge in [-0.3, -0.25) is 0 Å². The second-order valence-electron chi connectivity index (χ2n) is 3.38. The first-order valence-electron chi connectivity index (χ1n) is 4.80. The molecule has 0 aliphatic carbocycles. The van der Waals surface area contributed by atoms with E-state index < -0.39 is 6.04 Å². The lowest BCUT2D eigenvalue weighted by atomic mass is 10.2. The highest BCUT2D eigenvalue weighted by Crippen LogP contribution is 2.10. The topological polar surface area (TPSA) is 75.0 Å². The van der Waals surface area contributed by atoms with Crippen molar-refractivity contribution < 1.29 is 9.53 Å². The highest BCUT2D eigenvalue weighted by molar-refractivity contribution is 5.78. The molecule has 1 heterocycles. The van der Waals surface area contributed by atoms with Gasteiger partial charge in [0.1, 0.15) is 11.9 Å². The van der Waals surface area contributed by atoms with Gasteiger partial charge in [0, 0.05) is 5.69 Å². The zero-order valence-corrected chi connectivity index (χ0v) is 9.44. The number of pyridine rings is 1. The molecule has 5 heteroatoms. The van der Waals surface area contributed by atoms with Crippen LogP contribution in [-0.4, -0.2) is 24.1 Å². The van der Waals surface area contributed by atoms with Gasteiger partial charge < -0.3 is 10.1 Å². The number of anilines is 1. The smallest absolute Gasteiger partial charge is 0.328 e. The van der Waals surface area contributed by atoms with Gasteiger partial charge in [0.15, 0.2) is 0 Å². The molecule has 0 saturated carbocycles. The van der Waals surface area contributed by atoms with Gasteiger partial charge in [-0.1, -0.05) is 0 Å². The van der Waals surface area contributed by atoms with E-state index >= 15 is 0 Å². The molecule has 0 bridgehead atoms. The van der Waals surface area contributed by atoms with Crippen molar-refractivity contribution in [3.8, 4) is 6.07 Å². The Kier molecular flexibility index (Phi) is 3.84. The number of esters is 1. The fraction of sp³-hybridized carbons (Fsp3) is 0.364. The summed E-state index contributed by atoms with van der Waals surface area (Å²) in [7, 11) is 1.32. The molecule has 0 aromatic carbocycles. The van der Waals surface area contributed by atoms with Crippen molar-refractivity contribution in [3.63, 3.8) is 0 Å². The zero-order valence-electron chi connectivity index (χ0n) is 9.44. The zero-order chi connectivity index (χ0) is 12.1. The Bertz CT molecular complexity index is 437. The molecule has 0 spiro atoms. The van der Waals surface area contributed by atoms with Crippen LogP contribution in [-0.2, 0) is 9.53 Å². The summed E-state index contributed by atoms with van der Waals surface area (Å²) in [4.78, 5) is 15.3. The number of nitriles is 1. The molecule has 1 atom stereocenters. The summed E-state index contributed by atoms with van der Waals surface area (Å²) >= 11 is 0. The minimum absolute atomic E-state index is 0.373. The molecule has 5 nitrogen and oxygen atoms in total. The van der Waals surface area contributed by atoms with E-state index in [0.29, 0.717) is 11.4 Å². The number of nitrogens with zero attached hydrogens (tertiary/aromatic N) is 2. The van der Waals surface area contributed by atoms with Crippen LogP contribution in [0, 0.1) is 18.3 Å². The molecule has 0 amide bonds. The predicted molar refractivity (Wildman–Crippen MR) is 58.8 cm³/mol. The molecule has 0 fully saturated rings. The largest absolute Gasteiger partial charge is 0.467 e. The lowest BCUT2D eigenvalue weighted by Gasteiger charge is -2.12. The van der Waals surface area contributed by atoms with Crippen molar-refractivity contribution in [3.05, 3.63) is 23.4 Å². The maximum Gasteiger partial charge on any atom is 0.328 e. The molecule has 84 valence electrons. The SMILES string of the molecule is COC(=O)C(C)Nc1cc(C#N)cc(C)n1. The molecule has 1 unspecified atom stereocenters. The second kappa shape index (κ2) is 5.12. The van der Waals surface area contributed by atoms with Gasteiger partial charge in [-0.2, -0.15) is 5.26 Å². The quantitative estimate of drug-likeness (QED) is 0.774. The Labute approximate surface area is 94.1 Å². The summed E-state index contributed by atoms with van der Waals surface area (Å²) in [6.45, 7) is 3.46. The van der Waals surface area contributed by atoms with Gasteiger partial charge >= 0.3 is 5.97 Å². The van der Waals surface area contributed by atoms with Crippen molar-refractivity contribution in [2.24, 2.45) is 0 Å². The van der Waals surface area contributed by atoms with Gasteiger partial charge in [0.25, 0.3) is 0 Å². The molecule has 0 aliphatic heterocycles. The first kappa shape index (κ1) is 12.0. The molecular weight excluding hydrogens is 206 g/mol. The molecule has 0 radical (unpaired) electrons. The second-order valence-corrected chi connectivity index (χ2v) is 3.38. The molecule has 1 aromatic heterocycles. The molecule has 1 N–H and O–H groups in total. The van der Waals surface area contributed by atoms with Crippen molar-refractivity contribution in [1.82, 2.24) is 4.98 Å². The van der Waals surface area contributed by atoms with Gasteiger partial charge in [-0.15, -0.1) is 0 Å². The van der Waals surface area contributed by atoms with Crippen LogP contribution in [0.1, 0.15) is 18.2 Å². The van der Waals surface area contributed by atoms with Gasteiger partial charge in [-0.25, -0.2) is 9.78 Å². The lowest BCUT2D eigenvalue weighted by Crippen LogP contribution is -2.27. The van der Waals surface area contributed by atoms with E-state index in [4.69, 9.17) is 5.26 Å². The number of ether oxygens (including phenoxy) is 1. The van der Waals surface area contributed by atoms with E-state index in [1.54, 1.807) is 26.0 Å². The predicted octanol–water partition coefficient (Wildman–Crippen LogP) is 1.24. The summed E-state index contributed by atoms with van der Waals surface area (Å²) in [6, 6.07) is 4.80. The third kappa shape index (κ3) is 2.95. The van der Waals surface area contributed by atoms with E-state index in [1.165, 1.54) is 7.11 Å². The van der Waals surface area contributed by atoms with Crippen molar-refractivity contribution >= 4 is 11.8 Å². The van der Waals surface area contributed by atoms with E-state index in [2.05, 4.69) is 15.0 Å². The van der Waals surface area contributed by atoms with Crippen molar-refractivity contribution in [2.45, 2.75) is 19.9 Å². The number of nitrogens with one attached hydrogen (secondary N) is 1. The summed E-state index contributed by atoms with van der Waals surface area (Å²) in [5.74, 6) is 0.122. The number of rotatable bonds is 3. The van der Waals surface area contributed by atoms with Crippen LogP contribution in [0.5, 0.6) is 0 Å². The van der Waals surface area contributed by atoms with Crippen LogP contribution in [0.25, 0.3) is 0 Å². The van der Waals surface area contributed by atoms with Gasteiger partial charge in [0.2, 0.25) is 0 Å². The van der Waals surface area contributed by atoms with E-state index in [1.807, 2.05) is 6.07 Å². The number of aryl methyl sites for hydroxylation is 1. The van der Waals surface area contributed by atoms with E-state index in [9.17, 15) is 4.79 Å². The minimum atomic E-state index is -0.495. The van der Waals surface area contributed by atoms with Crippen LogP contribution in [0.15, 0.2) is 12.1 Å². The molecule has 0 saturated heterocycles. The molecule has 0 aliphatic rings. The summed E-state index contributed by atoms with van der Waals surface area (Å²) < 4.78 is 4.58. The third-order valence-electron chi connectivity index (χ3n) is 2.00. The normalized spacial score (nSPS) is 11.4. The van der Waals surface area contributed by atoms with Crippen LogP contribution >= 0.6 is 0 Å². The maximum atomic E-state index is 11.2. The van der Waals surface area contributed by atoms with Crippen LogP contribution in [0.2, 0.25) is 0 Å². The first-order chi connectivity index (χ1) is 7.56. The number of carbonyl (C=O) groups is 1. The third-order valence-corrected chi connectivity index (χ3v) is 2.00. The molecular formula is C11H13N3O2. The number of hydrogen-bond acceptors (Lipinski definition) is 5. The van der Waals surface area contributed by atoms with Gasteiger partial charge in [-0.05, 0) is 26.0 Å². The molecule has 16 heavy (non-hydrogen) atoms.